The molecule has 1 fully saturated rings. The van der Waals surface area contributed by atoms with E-state index < -0.39 is 6.23 Å². The third-order valence-corrected chi connectivity index (χ3v) is 5.97. The molecule has 0 bridgehead atoms. The number of nitrogens with two attached hydrogens (primary N) is 1. The molecule has 10 heteroatoms. The number of carbonyl (C=O) groups is 1. The monoisotopic (exact) mass is 434 g/mol. The van der Waals surface area contributed by atoms with Gasteiger partial charge in [-0.2, -0.15) is 5.10 Å². The second-order valence-corrected chi connectivity index (χ2v) is 8.15. The van der Waals surface area contributed by atoms with Crippen LogP contribution in [-0.4, -0.2) is 38.7 Å². The first-order valence-electron chi connectivity index (χ1n) is 10.7. The summed E-state index contributed by atoms with van der Waals surface area (Å²) in [5, 5.41) is 11.6. The van der Waals surface area contributed by atoms with Gasteiger partial charge in [-0.15, -0.1) is 0 Å². The Morgan fingerprint density at radius 1 is 1.28 bits per heavy atom. The van der Waals surface area contributed by atoms with Crippen LogP contribution < -0.4 is 21.3 Å². The second-order valence-electron chi connectivity index (χ2n) is 8.15. The second kappa shape index (κ2) is 8.03. The fraction of sp³-hybridized carbons (Fsp3) is 0.364. The van der Waals surface area contributed by atoms with Crippen LogP contribution in [0.4, 0.5) is 17.3 Å². The maximum Gasteiger partial charge on any atom is 0.275 e. The van der Waals surface area contributed by atoms with E-state index >= 15 is 0 Å². The van der Waals surface area contributed by atoms with Crippen LogP contribution in [0.1, 0.15) is 36.7 Å². The molecule has 0 aliphatic carbocycles. The zero-order chi connectivity index (χ0) is 22.2. The first-order chi connectivity index (χ1) is 15.5. The summed E-state index contributed by atoms with van der Waals surface area (Å²) >= 11 is 0. The fourth-order valence-corrected chi connectivity index (χ4v) is 4.11. The molecular weight excluding hydrogens is 408 g/mol. The van der Waals surface area contributed by atoms with Crippen LogP contribution >= 0.6 is 0 Å². The highest BCUT2D eigenvalue weighted by Gasteiger charge is 2.26. The number of pyridine rings is 2. The number of rotatable bonds is 4. The number of aryl methyl sites for hydroxylation is 2. The van der Waals surface area contributed by atoms with Crippen LogP contribution in [0, 0.1) is 6.92 Å². The standard InChI is InChI=1S/C22H26N8O2/c1-13-15-11-16(20(27-19(15)28-29(13)2)30-8-4-3-5-9-30)25-21(31)17-12-32-22(26-17)14-6-7-24-18(23)10-14/h6-7,10-12,22,26H,3-5,8-9H2,1-2H3,(H2,23,24)(H,25,31). The number of nitrogens with zero attached hydrogens (tertiary/aromatic N) is 5. The molecule has 3 aromatic heterocycles. The molecule has 2 aliphatic heterocycles. The normalized spacial score (nSPS) is 18.2. The molecule has 1 atom stereocenters. The van der Waals surface area contributed by atoms with Crippen molar-refractivity contribution in [1.82, 2.24) is 25.1 Å². The molecule has 0 aromatic carbocycles. The van der Waals surface area contributed by atoms with Gasteiger partial charge in [0.2, 0.25) is 0 Å². The number of ether oxygens (including phenoxy) is 1. The van der Waals surface area contributed by atoms with Crippen molar-refractivity contribution < 1.29 is 9.53 Å². The first kappa shape index (κ1) is 20.1. The van der Waals surface area contributed by atoms with E-state index in [0.717, 1.165) is 48.4 Å². The average molecular weight is 435 g/mol. The highest BCUT2D eigenvalue weighted by molar-refractivity contribution is 6.06. The van der Waals surface area contributed by atoms with E-state index in [9.17, 15) is 4.79 Å². The molecule has 1 unspecified atom stereocenters. The van der Waals surface area contributed by atoms with Crippen molar-refractivity contribution in [3.63, 3.8) is 0 Å². The van der Waals surface area contributed by atoms with Crippen LogP contribution in [0.5, 0.6) is 0 Å². The summed E-state index contributed by atoms with van der Waals surface area (Å²) < 4.78 is 7.46. The maximum atomic E-state index is 13.1. The highest BCUT2D eigenvalue weighted by atomic mass is 16.5. The number of hydrogen-bond donors (Lipinski definition) is 3. The number of carbonyl (C=O) groups excluding carboxylic acids is 1. The minimum absolute atomic E-state index is 0.296. The Kier molecular flexibility index (Phi) is 5.04. The summed E-state index contributed by atoms with van der Waals surface area (Å²) in [6.45, 7) is 3.80. The molecule has 166 valence electrons. The van der Waals surface area contributed by atoms with Crippen molar-refractivity contribution >= 4 is 34.3 Å². The number of anilines is 3. The average Bonchev–Trinajstić information content (AvgIpc) is 3.40. The van der Waals surface area contributed by atoms with Gasteiger partial charge >= 0.3 is 0 Å². The minimum atomic E-state index is -0.496. The highest BCUT2D eigenvalue weighted by Crippen LogP contribution is 2.32. The Balaban J connectivity index is 1.41. The van der Waals surface area contributed by atoms with Crippen molar-refractivity contribution in [2.75, 3.05) is 29.0 Å². The Hall–Kier alpha value is -3.82. The third-order valence-electron chi connectivity index (χ3n) is 5.97. The van der Waals surface area contributed by atoms with E-state index in [4.69, 9.17) is 15.5 Å². The number of hydrogen-bond acceptors (Lipinski definition) is 8. The van der Waals surface area contributed by atoms with Gasteiger partial charge in [0.1, 0.15) is 17.8 Å². The molecule has 1 saturated heterocycles. The first-order valence-corrected chi connectivity index (χ1v) is 10.7. The van der Waals surface area contributed by atoms with E-state index in [-0.39, 0.29) is 5.91 Å². The van der Waals surface area contributed by atoms with Crippen LogP contribution in [-0.2, 0) is 16.6 Å². The molecule has 0 saturated carbocycles. The molecule has 4 N–H and O–H groups in total. The number of nitrogens with one attached hydrogen (secondary N) is 2. The van der Waals surface area contributed by atoms with Gasteiger partial charge in [-0.1, -0.05) is 0 Å². The van der Waals surface area contributed by atoms with E-state index in [0.29, 0.717) is 22.8 Å². The zero-order valence-electron chi connectivity index (χ0n) is 18.1. The summed E-state index contributed by atoms with van der Waals surface area (Å²) in [4.78, 5) is 24.1. The zero-order valence-corrected chi connectivity index (χ0v) is 18.1. The van der Waals surface area contributed by atoms with Gasteiger partial charge in [0.15, 0.2) is 17.7 Å². The van der Waals surface area contributed by atoms with Crippen molar-refractivity contribution in [1.29, 1.82) is 0 Å². The number of amides is 1. The van der Waals surface area contributed by atoms with Crippen molar-refractivity contribution in [2.24, 2.45) is 7.05 Å². The fourth-order valence-electron chi connectivity index (χ4n) is 4.11. The van der Waals surface area contributed by atoms with Gasteiger partial charge in [-0.25, -0.2) is 9.97 Å². The van der Waals surface area contributed by atoms with Gasteiger partial charge in [0, 0.05) is 43.0 Å². The Bertz CT molecular complexity index is 1210. The third kappa shape index (κ3) is 3.68. The predicted molar refractivity (Wildman–Crippen MR) is 122 cm³/mol. The summed E-state index contributed by atoms with van der Waals surface area (Å²) in [7, 11) is 1.90. The van der Waals surface area contributed by atoms with E-state index in [1.807, 2.05) is 24.7 Å². The van der Waals surface area contributed by atoms with Gasteiger partial charge in [-0.3, -0.25) is 9.48 Å². The van der Waals surface area contributed by atoms with Gasteiger partial charge in [0.05, 0.1) is 5.69 Å². The van der Waals surface area contributed by atoms with E-state index in [1.54, 1.807) is 18.3 Å². The molecule has 32 heavy (non-hydrogen) atoms. The summed E-state index contributed by atoms with van der Waals surface area (Å²) in [5.74, 6) is 0.847. The maximum absolute atomic E-state index is 13.1. The summed E-state index contributed by atoms with van der Waals surface area (Å²) in [6, 6.07) is 5.47. The molecule has 10 nitrogen and oxygen atoms in total. The largest absolute Gasteiger partial charge is 0.472 e. The molecule has 0 spiro atoms. The van der Waals surface area contributed by atoms with E-state index in [2.05, 4.69) is 25.6 Å². The van der Waals surface area contributed by atoms with Crippen molar-refractivity contribution in [2.45, 2.75) is 32.4 Å². The molecule has 5 rings (SSSR count). The molecule has 3 aromatic rings. The molecule has 0 radical (unpaired) electrons. The molecule has 5 heterocycles. The molecule has 1 amide bonds. The predicted octanol–water partition coefficient (Wildman–Crippen LogP) is 2.34. The topological polar surface area (TPSA) is 123 Å². The Morgan fingerprint density at radius 3 is 2.88 bits per heavy atom. The van der Waals surface area contributed by atoms with Gasteiger partial charge in [0.25, 0.3) is 5.91 Å². The molecular formula is C22H26N8O2. The lowest BCUT2D eigenvalue weighted by atomic mass is 10.1. The quantitative estimate of drug-likeness (QED) is 0.572. The van der Waals surface area contributed by atoms with Crippen LogP contribution in [0.2, 0.25) is 0 Å². The summed E-state index contributed by atoms with van der Waals surface area (Å²) in [5.41, 5.74) is 9.22. The van der Waals surface area contributed by atoms with Crippen LogP contribution in [0.3, 0.4) is 0 Å². The number of nitrogen functional groups attached to an aromatic ring is 1. The number of piperidine rings is 1. The lowest BCUT2D eigenvalue weighted by molar-refractivity contribution is -0.113. The van der Waals surface area contributed by atoms with E-state index in [1.165, 1.54) is 12.7 Å². The number of aromatic nitrogens is 4. The van der Waals surface area contributed by atoms with Gasteiger partial charge in [-0.05, 0) is 44.4 Å². The lowest BCUT2D eigenvalue weighted by Gasteiger charge is -2.29. The van der Waals surface area contributed by atoms with Crippen molar-refractivity contribution in [3.05, 3.63) is 47.6 Å². The Morgan fingerprint density at radius 2 is 2.09 bits per heavy atom. The number of fused-ring (bicyclic) bond motifs is 1. The van der Waals surface area contributed by atoms with Crippen molar-refractivity contribution in [3.8, 4) is 0 Å². The molecule has 2 aliphatic rings. The van der Waals surface area contributed by atoms with Gasteiger partial charge < -0.3 is 26.0 Å². The lowest BCUT2D eigenvalue weighted by Crippen LogP contribution is -2.32. The van der Waals surface area contributed by atoms with Crippen LogP contribution in [0.15, 0.2) is 36.4 Å². The SMILES string of the molecule is Cc1c2cc(NC(=O)C3=COC(c4ccnc(N)c4)N3)c(N3CCCCC3)nc2nn1C. The van der Waals surface area contributed by atoms with Crippen LogP contribution in [0.25, 0.3) is 11.0 Å². The smallest absolute Gasteiger partial charge is 0.275 e. The Labute approximate surface area is 185 Å². The minimum Gasteiger partial charge on any atom is -0.472 e. The summed E-state index contributed by atoms with van der Waals surface area (Å²) in [6.07, 6.45) is 5.95.